The van der Waals surface area contributed by atoms with E-state index >= 15 is 0 Å². The van der Waals surface area contributed by atoms with Crippen LogP contribution in [0, 0.1) is 0 Å². The molecule has 1 aromatic rings. The fraction of sp³-hybridized carbons (Fsp3) is 0.625. The van der Waals surface area contributed by atoms with E-state index in [0.29, 0.717) is 12.0 Å². The number of hydrogen-bond donors (Lipinski definition) is 1. The van der Waals surface area contributed by atoms with Gasteiger partial charge in [0.25, 0.3) is 0 Å². The van der Waals surface area contributed by atoms with Gasteiger partial charge in [-0.2, -0.15) is 0 Å². The van der Waals surface area contributed by atoms with Crippen molar-refractivity contribution >= 4 is 0 Å². The van der Waals surface area contributed by atoms with E-state index < -0.39 is 0 Å². The molecule has 0 radical (unpaired) electrons. The predicted octanol–water partition coefficient (Wildman–Crippen LogP) is 3.89. The summed E-state index contributed by atoms with van der Waals surface area (Å²) in [6.07, 6.45) is 2.30. The van der Waals surface area contributed by atoms with E-state index in [-0.39, 0.29) is 0 Å². The SMILES string of the molecule is COCCCCNC(C)c1ccc(C(C)C)cc1. The van der Waals surface area contributed by atoms with Gasteiger partial charge in [-0.25, -0.2) is 0 Å². The van der Waals surface area contributed by atoms with E-state index in [1.54, 1.807) is 7.11 Å². The lowest BCUT2D eigenvalue weighted by Crippen LogP contribution is -2.20. The van der Waals surface area contributed by atoms with Crippen LogP contribution in [0.15, 0.2) is 24.3 Å². The summed E-state index contributed by atoms with van der Waals surface area (Å²) in [6, 6.07) is 9.38. The van der Waals surface area contributed by atoms with Crippen molar-refractivity contribution in [2.45, 2.75) is 45.6 Å². The van der Waals surface area contributed by atoms with Crippen LogP contribution in [0.2, 0.25) is 0 Å². The first kappa shape index (κ1) is 15.2. The molecule has 1 N–H and O–H groups in total. The van der Waals surface area contributed by atoms with Crippen molar-refractivity contribution in [3.8, 4) is 0 Å². The van der Waals surface area contributed by atoms with Crippen molar-refractivity contribution in [1.29, 1.82) is 0 Å². The molecule has 0 spiro atoms. The maximum atomic E-state index is 5.04. The van der Waals surface area contributed by atoms with Crippen LogP contribution in [0.5, 0.6) is 0 Å². The van der Waals surface area contributed by atoms with Gasteiger partial charge in [0.2, 0.25) is 0 Å². The van der Waals surface area contributed by atoms with Crippen LogP contribution in [-0.4, -0.2) is 20.3 Å². The second-order valence-corrected chi connectivity index (χ2v) is 5.20. The van der Waals surface area contributed by atoms with Crippen molar-refractivity contribution in [1.82, 2.24) is 5.32 Å². The lowest BCUT2D eigenvalue weighted by molar-refractivity contribution is 0.192. The monoisotopic (exact) mass is 249 g/mol. The molecule has 0 aliphatic heterocycles. The Morgan fingerprint density at radius 2 is 1.61 bits per heavy atom. The van der Waals surface area contributed by atoms with Crippen molar-refractivity contribution < 1.29 is 4.74 Å². The molecule has 0 aliphatic carbocycles. The van der Waals surface area contributed by atoms with Gasteiger partial charge in [0.15, 0.2) is 0 Å². The molecule has 0 aromatic heterocycles. The zero-order chi connectivity index (χ0) is 13.4. The third kappa shape index (κ3) is 5.19. The van der Waals surface area contributed by atoms with Crippen LogP contribution in [0.25, 0.3) is 0 Å². The van der Waals surface area contributed by atoms with Crippen LogP contribution in [0.1, 0.15) is 56.7 Å². The number of benzene rings is 1. The van der Waals surface area contributed by atoms with Gasteiger partial charge >= 0.3 is 0 Å². The first-order chi connectivity index (χ1) is 8.65. The summed E-state index contributed by atoms with van der Waals surface area (Å²) < 4.78 is 5.04. The summed E-state index contributed by atoms with van der Waals surface area (Å²) in [7, 11) is 1.76. The highest BCUT2D eigenvalue weighted by atomic mass is 16.5. The van der Waals surface area contributed by atoms with Gasteiger partial charge in [-0.05, 0) is 43.4 Å². The zero-order valence-corrected chi connectivity index (χ0v) is 12.2. The third-order valence-electron chi connectivity index (χ3n) is 3.33. The summed E-state index contributed by atoms with van der Waals surface area (Å²) in [4.78, 5) is 0. The van der Waals surface area contributed by atoms with Crippen LogP contribution in [0.4, 0.5) is 0 Å². The maximum absolute atomic E-state index is 5.04. The van der Waals surface area contributed by atoms with E-state index in [1.807, 2.05) is 0 Å². The van der Waals surface area contributed by atoms with Crippen LogP contribution >= 0.6 is 0 Å². The minimum atomic E-state index is 0.425. The van der Waals surface area contributed by atoms with Crippen LogP contribution in [0.3, 0.4) is 0 Å². The Labute approximate surface area is 112 Å². The molecule has 0 bridgehead atoms. The highest BCUT2D eigenvalue weighted by Gasteiger charge is 2.05. The molecule has 0 saturated carbocycles. The lowest BCUT2D eigenvalue weighted by Gasteiger charge is -2.15. The molecule has 2 nitrogen and oxygen atoms in total. The quantitative estimate of drug-likeness (QED) is 0.706. The molecule has 18 heavy (non-hydrogen) atoms. The van der Waals surface area contributed by atoms with Crippen LogP contribution < -0.4 is 5.32 Å². The van der Waals surface area contributed by atoms with Crippen molar-refractivity contribution in [2.75, 3.05) is 20.3 Å². The molecule has 0 aliphatic rings. The van der Waals surface area contributed by atoms with Gasteiger partial charge < -0.3 is 10.1 Å². The van der Waals surface area contributed by atoms with Gasteiger partial charge in [-0.1, -0.05) is 38.1 Å². The fourth-order valence-electron chi connectivity index (χ4n) is 1.98. The molecule has 0 amide bonds. The highest BCUT2D eigenvalue weighted by molar-refractivity contribution is 5.26. The van der Waals surface area contributed by atoms with E-state index in [2.05, 4.69) is 50.4 Å². The molecule has 1 rings (SSSR count). The molecule has 0 heterocycles. The average Bonchev–Trinajstić information content (AvgIpc) is 2.38. The predicted molar refractivity (Wildman–Crippen MR) is 78.1 cm³/mol. The standard InChI is InChI=1S/C16H27NO/c1-13(2)15-7-9-16(10-8-15)14(3)17-11-5-6-12-18-4/h7-10,13-14,17H,5-6,11-12H2,1-4H3. The van der Waals surface area contributed by atoms with Crippen molar-refractivity contribution in [3.05, 3.63) is 35.4 Å². The van der Waals surface area contributed by atoms with E-state index in [9.17, 15) is 0 Å². The highest BCUT2D eigenvalue weighted by Crippen LogP contribution is 2.18. The number of ether oxygens (including phenoxy) is 1. The van der Waals surface area contributed by atoms with Gasteiger partial charge in [-0.3, -0.25) is 0 Å². The second-order valence-electron chi connectivity index (χ2n) is 5.20. The third-order valence-corrected chi connectivity index (χ3v) is 3.33. The average molecular weight is 249 g/mol. The summed E-state index contributed by atoms with van der Waals surface area (Å²) in [6.45, 7) is 8.59. The number of rotatable bonds is 8. The Bertz CT molecular complexity index is 318. The van der Waals surface area contributed by atoms with E-state index in [0.717, 1.165) is 19.6 Å². The summed E-state index contributed by atoms with van der Waals surface area (Å²) in [5.41, 5.74) is 2.78. The van der Waals surface area contributed by atoms with Crippen molar-refractivity contribution in [2.24, 2.45) is 0 Å². The number of methoxy groups -OCH3 is 1. The molecule has 2 heteroatoms. The summed E-state index contributed by atoms with van der Waals surface area (Å²) in [5.74, 6) is 0.608. The molecule has 102 valence electrons. The van der Waals surface area contributed by atoms with Gasteiger partial charge in [0, 0.05) is 19.8 Å². The molecule has 0 fully saturated rings. The Morgan fingerprint density at radius 1 is 1.00 bits per heavy atom. The molecule has 1 atom stereocenters. The Hall–Kier alpha value is -0.860. The molecule has 1 unspecified atom stereocenters. The van der Waals surface area contributed by atoms with E-state index in [1.165, 1.54) is 17.5 Å². The minimum absolute atomic E-state index is 0.425. The molecular weight excluding hydrogens is 222 g/mol. The van der Waals surface area contributed by atoms with Gasteiger partial charge in [0.05, 0.1) is 0 Å². The number of nitrogens with one attached hydrogen (secondary N) is 1. The minimum Gasteiger partial charge on any atom is -0.385 e. The fourth-order valence-corrected chi connectivity index (χ4v) is 1.98. The largest absolute Gasteiger partial charge is 0.385 e. The maximum Gasteiger partial charge on any atom is 0.0462 e. The van der Waals surface area contributed by atoms with Gasteiger partial charge in [-0.15, -0.1) is 0 Å². The summed E-state index contributed by atoms with van der Waals surface area (Å²) in [5, 5.41) is 3.55. The van der Waals surface area contributed by atoms with E-state index in [4.69, 9.17) is 4.74 Å². The molecule has 0 saturated heterocycles. The van der Waals surface area contributed by atoms with Crippen LogP contribution in [-0.2, 0) is 4.74 Å². The first-order valence-electron chi connectivity index (χ1n) is 6.97. The van der Waals surface area contributed by atoms with Crippen molar-refractivity contribution in [3.63, 3.8) is 0 Å². The smallest absolute Gasteiger partial charge is 0.0462 e. The topological polar surface area (TPSA) is 21.3 Å². The Balaban J connectivity index is 2.34. The zero-order valence-electron chi connectivity index (χ0n) is 12.2. The lowest BCUT2D eigenvalue weighted by atomic mass is 9.99. The van der Waals surface area contributed by atoms with Gasteiger partial charge in [0.1, 0.15) is 0 Å². The first-order valence-corrected chi connectivity index (χ1v) is 6.97. The normalized spacial score (nSPS) is 12.9. The Kier molecular flexibility index (Phi) is 6.99. The molecular formula is C16H27NO. The number of unbranched alkanes of at least 4 members (excludes halogenated alkanes) is 1. The molecule has 1 aromatic carbocycles. The summed E-state index contributed by atoms with van der Waals surface area (Å²) >= 11 is 0. The number of hydrogen-bond acceptors (Lipinski definition) is 2. The Morgan fingerprint density at radius 3 is 2.17 bits per heavy atom. The second kappa shape index (κ2) is 8.28.